The van der Waals surface area contributed by atoms with E-state index in [-0.39, 0.29) is 12.6 Å². The molecular weight excluding hydrogens is 400 g/mol. The van der Waals surface area contributed by atoms with E-state index in [1.807, 2.05) is 24.3 Å². The highest BCUT2D eigenvalue weighted by atomic mass is 19.3. The predicted octanol–water partition coefficient (Wildman–Crippen LogP) is 3.73. The van der Waals surface area contributed by atoms with Crippen LogP contribution in [-0.4, -0.2) is 58.9 Å². The molecule has 0 bridgehead atoms. The van der Waals surface area contributed by atoms with Crippen LogP contribution in [0.1, 0.15) is 24.1 Å². The van der Waals surface area contributed by atoms with E-state index in [1.165, 1.54) is 5.56 Å². The molecule has 0 unspecified atom stereocenters. The third-order valence-electron chi connectivity index (χ3n) is 6.29. The number of aromatic nitrogens is 3. The van der Waals surface area contributed by atoms with Crippen molar-refractivity contribution in [2.45, 2.75) is 44.9 Å². The third kappa shape index (κ3) is 4.21. The van der Waals surface area contributed by atoms with Crippen molar-refractivity contribution < 1.29 is 13.5 Å². The number of ether oxygens (including phenoxy) is 1. The molecule has 0 aliphatic carbocycles. The Morgan fingerprint density at radius 1 is 1.13 bits per heavy atom. The van der Waals surface area contributed by atoms with Crippen molar-refractivity contribution in [3.63, 3.8) is 0 Å². The van der Waals surface area contributed by atoms with E-state index in [2.05, 4.69) is 33.1 Å². The molecule has 2 aromatic heterocycles. The van der Waals surface area contributed by atoms with Crippen LogP contribution in [0, 0.1) is 0 Å². The fraction of sp³-hybridized carbons (Fsp3) is 0.478. The minimum atomic E-state index is -2.38. The Bertz CT molecular complexity index is 1060. The zero-order valence-corrected chi connectivity index (χ0v) is 17.7. The Labute approximate surface area is 180 Å². The van der Waals surface area contributed by atoms with Crippen LogP contribution in [0.25, 0.3) is 10.9 Å². The molecular formula is C23H27F2N5O. The molecule has 0 atom stereocenters. The van der Waals surface area contributed by atoms with Gasteiger partial charge in [0.25, 0.3) is 6.43 Å². The summed E-state index contributed by atoms with van der Waals surface area (Å²) < 4.78 is 33.5. The van der Waals surface area contributed by atoms with Gasteiger partial charge in [-0.1, -0.05) is 6.07 Å². The molecule has 2 aliphatic heterocycles. The Hall–Kier alpha value is -2.74. The summed E-state index contributed by atoms with van der Waals surface area (Å²) in [7, 11) is 2.13. The maximum atomic E-state index is 12.8. The molecule has 0 spiro atoms. The van der Waals surface area contributed by atoms with Gasteiger partial charge in [-0.05, 0) is 36.9 Å². The zero-order chi connectivity index (χ0) is 21.4. The van der Waals surface area contributed by atoms with E-state index in [4.69, 9.17) is 4.74 Å². The Balaban J connectivity index is 1.25. The number of nitrogens with zero attached hydrogens (tertiary/aromatic N) is 5. The summed E-state index contributed by atoms with van der Waals surface area (Å²) in [5, 5.41) is 9.82. The number of hydrogen-bond acceptors (Lipinski definition) is 5. The number of rotatable bonds is 5. The van der Waals surface area contributed by atoms with Gasteiger partial charge in [0.05, 0.1) is 17.8 Å². The summed E-state index contributed by atoms with van der Waals surface area (Å²) in [6, 6.07) is 9.70. The number of benzene rings is 1. The first-order valence-electron chi connectivity index (χ1n) is 10.9. The van der Waals surface area contributed by atoms with Crippen molar-refractivity contribution in [3.8, 4) is 5.75 Å². The van der Waals surface area contributed by atoms with Crippen LogP contribution < -0.4 is 9.64 Å². The number of fused-ring (bicyclic) bond motifs is 2. The van der Waals surface area contributed by atoms with Crippen LogP contribution in [-0.2, 0) is 19.5 Å². The highest BCUT2D eigenvalue weighted by Crippen LogP contribution is 2.30. The van der Waals surface area contributed by atoms with Gasteiger partial charge >= 0.3 is 0 Å². The molecule has 1 fully saturated rings. The first-order valence-corrected chi connectivity index (χ1v) is 10.9. The van der Waals surface area contributed by atoms with E-state index < -0.39 is 6.43 Å². The van der Waals surface area contributed by atoms with Gasteiger partial charge in [0, 0.05) is 57.0 Å². The smallest absolute Gasteiger partial charge is 0.256 e. The second kappa shape index (κ2) is 8.42. The standard InChI is InChI=1S/C23H27F2N5O/c1-28-9-8-19-16(14-28)13-23(27-26-19)29-10-5-17(6-11-29)31-21-4-2-3-20-18(21)7-12-30(20)15-22(24)25/h2-4,7,12-13,17,22H,5-6,8-11,14-15H2,1H3. The van der Waals surface area contributed by atoms with Gasteiger partial charge in [0.15, 0.2) is 5.82 Å². The second-order valence-corrected chi connectivity index (χ2v) is 8.51. The van der Waals surface area contributed by atoms with Crippen LogP contribution >= 0.6 is 0 Å². The lowest BCUT2D eigenvalue weighted by atomic mass is 10.1. The number of alkyl halides is 2. The highest BCUT2D eigenvalue weighted by molar-refractivity contribution is 5.86. The monoisotopic (exact) mass is 427 g/mol. The minimum Gasteiger partial charge on any atom is -0.490 e. The number of likely N-dealkylation sites (N-methyl/N-ethyl adjacent to an activating group) is 1. The average Bonchev–Trinajstić information content (AvgIpc) is 3.17. The Morgan fingerprint density at radius 3 is 2.77 bits per heavy atom. The lowest BCUT2D eigenvalue weighted by Gasteiger charge is -2.33. The lowest BCUT2D eigenvalue weighted by Crippen LogP contribution is -2.39. The minimum absolute atomic E-state index is 0.0945. The molecule has 1 saturated heterocycles. The topological polar surface area (TPSA) is 46.4 Å². The van der Waals surface area contributed by atoms with E-state index in [1.54, 1.807) is 10.8 Å². The van der Waals surface area contributed by atoms with Gasteiger partial charge in [-0.2, -0.15) is 5.10 Å². The predicted molar refractivity (Wildman–Crippen MR) is 116 cm³/mol. The quantitative estimate of drug-likeness (QED) is 0.621. The Morgan fingerprint density at radius 2 is 1.97 bits per heavy atom. The summed E-state index contributed by atoms with van der Waals surface area (Å²) in [5.41, 5.74) is 3.17. The van der Waals surface area contributed by atoms with Crippen LogP contribution in [0.2, 0.25) is 0 Å². The summed E-state index contributed by atoms with van der Waals surface area (Å²) >= 11 is 0. The van der Waals surface area contributed by atoms with Crippen LogP contribution in [0.4, 0.5) is 14.6 Å². The van der Waals surface area contributed by atoms with Crippen molar-refractivity contribution in [2.24, 2.45) is 0 Å². The third-order valence-corrected chi connectivity index (χ3v) is 6.29. The molecule has 164 valence electrons. The fourth-order valence-electron chi connectivity index (χ4n) is 4.60. The number of anilines is 1. The van der Waals surface area contributed by atoms with Crippen molar-refractivity contribution in [1.29, 1.82) is 0 Å². The lowest BCUT2D eigenvalue weighted by molar-refractivity contribution is 0.128. The molecule has 4 heterocycles. The van der Waals surface area contributed by atoms with E-state index in [0.29, 0.717) is 0 Å². The van der Waals surface area contributed by atoms with Crippen LogP contribution in [0.5, 0.6) is 5.75 Å². The molecule has 1 aromatic carbocycles. The number of halogens is 2. The Kier molecular flexibility index (Phi) is 5.48. The van der Waals surface area contributed by atoms with E-state index >= 15 is 0 Å². The van der Waals surface area contributed by atoms with Crippen molar-refractivity contribution >= 4 is 16.7 Å². The average molecular weight is 427 g/mol. The SMILES string of the molecule is CN1CCc2nnc(N3CCC(Oc4cccc5c4ccn5CC(F)F)CC3)cc2C1. The molecule has 31 heavy (non-hydrogen) atoms. The van der Waals surface area contributed by atoms with E-state index in [0.717, 1.165) is 73.6 Å². The second-order valence-electron chi connectivity index (χ2n) is 8.51. The molecule has 8 heteroatoms. The van der Waals surface area contributed by atoms with Crippen molar-refractivity contribution in [1.82, 2.24) is 19.7 Å². The largest absolute Gasteiger partial charge is 0.490 e. The highest BCUT2D eigenvalue weighted by Gasteiger charge is 2.24. The summed E-state index contributed by atoms with van der Waals surface area (Å²) in [5.74, 6) is 1.71. The molecule has 6 nitrogen and oxygen atoms in total. The van der Waals surface area contributed by atoms with E-state index in [9.17, 15) is 8.78 Å². The molecule has 2 aliphatic rings. The maximum absolute atomic E-state index is 12.8. The first kappa shape index (κ1) is 20.2. The van der Waals surface area contributed by atoms with Crippen molar-refractivity contribution in [2.75, 3.05) is 31.6 Å². The molecule has 0 N–H and O–H groups in total. The maximum Gasteiger partial charge on any atom is 0.256 e. The van der Waals surface area contributed by atoms with Gasteiger partial charge in [-0.15, -0.1) is 5.10 Å². The zero-order valence-electron chi connectivity index (χ0n) is 17.7. The number of hydrogen-bond donors (Lipinski definition) is 0. The van der Waals surface area contributed by atoms with Gasteiger partial charge in [0.1, 0.15) is 11.9 Å². The van der Waals surface area contributed by atoms with Gasteiger partial charge in [-0.3, -0.25) is 0 Å². The van der Waals surface area contributed by atoms with Crippen molar-refractivity contribution in [3.05, 3.63) is 47.8 Å². The van der Waals surface area contributed by atoms with Gasteiger partial charge < -0.3 is 19.1 Å². The summed E-state index contributed by atoms with van der Waals surface area (Å²) in [6.45, 7) is 3.37. The van der Waals surface area contributed by atoms with Gasteiger partial charge in [0.2, 0.25) is 0 Å². The summed E-state index contributed by atoms with van der Waals surface area (Å²) in [6.07, 6.45) is 2.14. The molecule has 0 radical (unpaired) electrons. The van der Waals surface area contributed by atoms with Gasteiger partial charge in [-0.25, -0.2) is 8.78 Å². The molecule has 0 amide bonds. The normalized spacial score (nSPS) is 18.0. The molecule has 5 rings (SSSR count). The van der Waals surface area contributed by atoms with Crippen LogP contribution in [0.15, 0.2) is 36.5 Å². The molecule has 0 saturated carbocycles. The summed E-state index contributed by atoms with van der Waals surface area (Å²) in [4.78, 5) is 4.59. The number of piperidine rings is 1. The first-order chi connectivity index (χ1) is 15.1. The molecule has 3 aromatic rings. The fourth-order valence-corrected chi connectivity index (χ4v) is 4.60. The van der Waals surface area contributed by atoms with Crippen LogP contribution in [0.3, 0.4) is 0 Å².